The second-order valence-corrected chi connectivity index (χ2v) is 17.6. The summed E-state index contributed by atoms with van der Waals surface area (Å²) >= 11 is -0.826. The molecule has 0 aromatic rings. The Morgan fingerprint density at radius 3 is 1.32 bits per heavy atom. The third-order valence-electron chi connectivity index (χ3n) is 12.6. The first-order valence-electron chi connectivity index (χ1n) is 15.7. The van der Waals surface area contributed by atoms with E-state index in [2.05, 4.69) is 0 Å². The van der Waals surface area contributed by atoms with Crippen LogP contribution in [-0.4, -0.2) is 0 Å². The molecule has 0 nitrogen and oxygen atoms in total. The van der Waals surface area contributed by atoms with Crippen LogP contribution in [0.3, 0.4) is 0 Å². The fourth-order valence-corrected chi connectivity index (χ4v) is 11.6. The molecule has 0 N–H and O–H groups in total. The monoisotopic (exact) mass is 584 g/mol. The Balaban J connectivity index is 0.000000764. The van der Waals surface area contributed by atoms with Crippen molar-refractivity contribution in [2.24, 2.45) is 46.3 Å². The van der Waals surface area contributed by atoms with E-state index in [1.54, 1.807) is 135 Å². The molecular formula is C31H52Cl2Zr. The molecule has 34 heavy (non-hydrogen) atoms. The Morgan fingerprint density at radius 1 is 0.529 bits per heavy atom. The minimum absolute atomic E-state index is 0.809. The molecule has 0 saturated heterocycles. The molecule has 0 aromatic carbocycles. The molecule has 0 heterocycles. The fourth-order valence-electron chi connectivity index (χ4n) is 11.6. The van der Waals surface area contributed by atoms with Crippen LogP contribution >= 0.6 is 17.0 Å². The average Bonchev–Trinajstić information content (AvgIpc) is 3.32. The standard InChI is InChI=1S/C31H52.2ClH.Zr/c1-7-18-30(19-8-1)22-24-12-3-5-14-26(24)28(30)16-11-17-29-27-15-6-4-13-25(27)23-31(29)20-9-2-10-21-31;;;/h24-29H,1-23H2;2*1H;/q;;;+2/p-2. The van der Waals surface area contributed by atoms with Gasteiger partial charge in [-0.05, 0) is 111 Å². The maximum absolute atomic E-state index is 4.93. The van der Waals surface area contributed by atoms with Gasteiger partial charge in [-0.2, -0.15) is 0 Å². The van der Waals surface area contributed by atoms with E-state index in [0.29, 0.717) is 0 Å². The van der Waals surface area contributed by atoms with Crippen LogP contribution in [-0.2, 0) is 20.8 Å². The molecule has 0 aromatic heterocycles. The number of hydrogen-bond acceptors (Lipinski definition) is 0. The summed E-state index contributed by atoms with van der Waals surface area (Å²) < 4.78 is 0. The zero-order valence-electron chi connectivity index (χ0n) is 22.0. The minimum atomic E-state index is -0.826. The maximum atomic E-state index is 4.93. The van der Waals surface area contributed by atoms with Crippen molar-refractivity contribution in [3.8, 4) is 0 Å². The number of halogens is 2. The third-order valence-corrected chi connectivity index (χ3v) is 12.6. The molecule has 0 aliphatic heterocycles. The number of rotatable bonds is 4. The molecule has 0 amide bonds. The molecular weight excluding hydrogens is 534 g/mol. The molecule has 194 valence electrons. The van der Waals surface area contributed by atoms with Gasteiger partial charge in [0.25, 0.3) is 0 Å². The van der Waals surface area contributed by atoms with Crippen LogP contribution < -0.4 is 0 Å². The summed E-state index contributed by atoms with van der Waals surface area (Å²) in [5.74, 6) is 6.81. The van der Waals surface area contributed by atoms with E-state index in [0.717, 1.165) is 46.3 Å². The van der Waals surface area contributed by atoms with Crippen molar-refractivity contribution in [3.05, 3.63) is 0 Å². The van der Waals surface area contributed by atoms with Gasteiger partial charge < -0.3 is 0 Å². The van der Waals surface area contributed by atoms with Gasteiger partial charge in [-0.1, -0.05) is 83.5 Å². The van der Waals surface area contributed by atoms with Crippen LogP contribution in [0.5, 0.6) is 0 Å². The van der Waals surface area contributed by atoms with Crippen LogP contribution in [0, 0.1) is 46.3 Å². The van der Waals surface area contributed by atoms with E-state index in [1.165, 1.54) is 12.8 Å². The molecule has 6 unspecified atom stereocenters. The Kier molecular flexibility index (Phi) is 9.98. The van der Waals surface area contributed by atoms with Gasteiger partial charge >= 0.3 is 37.9 Å². The van der Waals surface area contributed by atoms with Gasteiger partial charge in [0.1, 0.15) is 0 Å². The Labute approximate surface area is 230 Å². The zero-order chi connectivity index (χ0) is 23.4. The molecule has 6 aliphatic carbocycles. The second-order valence-electron chi connectivity index (χ2n) is 13.9. The van der Waals surface area contributed by atoms with Gasteiger partial charge in [0.05, 0.1) is 0 Å². The van der Waals surface area contributed by atoms with Crippen LogP contribution in [0.25, 0.3) is 0 Å². The predicted molar refractivity (Wildman–Crippen MR) is 144 cm³/mol. The Bertz CT molecular complexity index is 571. The van der Waals surface area contributed by atoms with Crippen molar-refractivity contribution in [3.63, 3.8) is 0 Å². The van der Waals surface area contributed by atoms with E-state index in [4.69, 9.17) is 17.0 Å². The molecule has 6 saturated carbocycles. The summed E-state index contributed by atoms with van der Waals surface area (Å²) in [5, 5.41) is 0. The van der Waals surface area contributed by atoms with Crippen molar-refractivity contribution in [2.45, 2.75) is 148 Å². The van der Waals surface area contributed by atoms with E-state index in [9.17, 15) is 0 Å². The van der Waals surface area contributed by atoms with E-state index < -0.39 is 20.8 Å². The van der Waals surface area contributed by atoms with Crippen LogP contribution in [0.4, 0.5) is 0 Å². The summed E-state index contributed by atoms with van der Waals surface area (Å²) in [7, 11) is 9.87. The van der Waals surface area contributed by atoms with Crippen molar-refractivity contribution in [1.82, 2.24) is 0 Å². The van der Waals surface area contributed by atoms with Gasteiger partial charge in [0.15, 0.2) is 0 Å². The Morgan fingerprint density at radius 2 is 0.912 bits per heavy atom. The van der Waals surface area contributed by atoms with E-state index in [1.807, 2.05) is 0 Å². The van der Waals surface area contributed by atoms with Crippen molar-refractivity contribution >= 4 is 17.0 Å². The first-order valence-corrected chi connectivity index (χ1v) is 22.0. The van der Waals surface area contributed by atoms with Crippen LogP contribution in [0.1, 0.15) is 148 Å². The van der Waals surface area contributed by atoms with Gasteiger partial charge in [-0.25, -0.2) is 0 Å². The first kappa shape index (κ1) is 27.0. The van der Waals surface area contributed by atoms with Gasteiger partial charge in [0.2, 0.25) is 0 Å². The molecule has 3 heteroatoms. The molecule has 6 fully saturated rings. The molecule has 2 spiro atoms. The van der Waals surface area contributed by atoms with E-state index >= 15 is 0 Å². The van der Waals surface area contributed by atoms with Crippen molar-refractivity contribution in [2.75, 3.05) is 0 Å². The molecule has 6 rings (SSSR count). The summed E-state index contributed by atoms with van der Waals surface area (Å²) in [6, 6.07) is 0. The first-order chi connectivity index (χ1) is 16.7. The summed E-state index contributed by atoms with van der Waals surface area (Å²) in [5.41, 5.74) is 1.62. The summed E-state index contributed by atoms with van der Waals surface area (Å²) in [6.45, 7) is 0. The quantitative estimate of drug-likeness (QED) is 0.307. The van der Waals surface area contributed by atoms with E-state index in [-0.39, 0.29) is 0 Å². The molecule has 0 radical (unpaired) electrons. The predicted octanol–water partition coefficient (Wildman–Crippen LogP) is 11.1. The molecule has 0 bridgehead atoms. The number of fused-ring (bicyclic) bond motifs is 2. The van der Waals surface area contributed by atoms with Gasteiger partial charge in [-0.15, -0.1) is 0 Å². The summed E-state index contributed by atoms with van der Waals surface area (Å²) in [4.78, 5) is 0. The van der Waals surface area contributed by atoms with Crippen molar-refractivity contribution < 1.29 is 20.8 Å². The third kappa shape index (κ3) is 5.58. The zero-order valence-corrected chi connectivity index (χ0v) is 26.0. The topological polar surface area (TPSA) is 0 Å². The Hall–Kier alpha value is 1.46. The van der Waals surface area contributed by atoms with Crippen LogP contribution in [0.2, 0.25) is 0 Å². The normalized spacial score (nSPS) is 40.3. The van der Waals surface area contributed by atoms with Crippen molar-refractivity contribution in [1.29, 1.82) is 0 Å². The average molecular weight is 587 g/mol. The summed E-state index contributed by atoms with van der Waals surface area (Å²) in [6.07, 6.45) is 36.6. The fraction of sp³-hybridized carbons (Fsp3) is 1.00. The molecule has 6 atom stereocenters. The SMILES string of the molecule is C1CCC2(CC1)CC1CCCCC1C2CCCC1C2CCCCC2CC12CCCCC2.[Cl][Zr][Cl]. The van der Waals surface area contributed by atoms with Gasteiger partial charge in [0, 0.05) is 0 Å². The van der Waals surface area contributed by atoms with Gasteiger partial charge in [-0.3, -0.25) is 0 Å². The second kappa shape index (κ2) is 12.5. The molecule has 6 aliphatic rings. The number of hydrogen-bond donors (Lipinski definition) is 0. The van der Waals surface area contributed by atoms with Crippen LogP contribution in [0.15, 0.2) is 0 Å².